The van der Waals surface area contributed by atoms with E-state index in [4.69, 9.17) is 4.74 Å². The van der Waals surface area contributed by atoms with Gasteiger partial charge in [-0.3, -0.25) is 0 Å². The quantitative estimate of drug-likeness (QED) is 0.836. The smallest absolute Gasteiger partial charge is 0.0685 e. The van der Waals surface area contributed by atoms with E-state index in [0.717, 1.165) is 30.4 Å². The molecule has 3 fully saturated rings. The van der Waals surface area contributed by atoms with Crippen molar-refractivity contribution >= 4 is 0 Å². The molecule has 0 aromatic heterocycles. The van der Waals surface area contributed by atoms with Crippen molar-refractivity contribution in [1.29, 1.82) is 0 Å². The molecule has 0 aromatic carbocycles. The normalized spacial score (nSPS) is 41.4. The number of ether oxygens (including phenoxy) is 1. The predicted molar refractivity (Wildman–Crippen MR) is 79.2 cm³/mol. The standard InChI is InChI=1S/C17H31NO/c1-3-10-18-16-6-5-15(13(16)2)14-7-11-19-17(12-14)8-4-9-17/h13-16,18H,3-12H2,1-2H3. The summed E-state index contributed by atoms with van der Waals surface area (Å²) >= 11 is 0. The second kappa shape index (κ2) is 5.73. The van der Waals surface area contributed by atoms with Crippen LogP contribution in [-0.2, 0) is 4.74 Å². The molecule has 4 unspecified atom stereocenters. The maximum atomic E-state index is 6.10. The lowest BCUT2D eigenvalue weighted by molar-refractivity contribution is -0.151. The van der Waals surface area contributed by atoms with Gasteiger partial charge >= 0.3 is 0 Å². The lowest BCUT2D eigenvalue weighted by Crippen LogP contribution is -2.47. The monoisotopic (exact) mass is 265 g/mol. The second-order valence-corrected chi connectivity index (χ2v) is 7.30. The lowest BCUT2D eigenvalue weighted by Gasteiger charge is -2.49. The van der Waals surface area contributed by atoms with Crippen molar-refractivity contribution in [2.24, 2.45) is 17.8 Å². The van der Waals surface area contributed by atoms with Crippen LogP contribution in [0.3, 0.4) is 0 Å². The SMILES string of the molecule is CCCNC1CCC(C2CCOC3(CCC3)C2)C1C. The van der Waals surface area contributed by atoms with Crippen LogP contribution < -0.4 is 5.32 Å². The number of nitrogens with one attached hydrogen (secondary N) is 1. The summed E-state index contributed by atoms with van der Waals surface area (Å²) in [5.41, 5.74) is 0.331. The summed E-state index contributed by atoms with van der Waals surface area (Å²) in [6, 6.07) is 0.783. The van der Waals surface area contributed by atoms with Gasteiger partial charge < -0.3 is 10.1 Å². The fraction of sp³-hybridized carbons (Fsp3) is 1.00. The molecule has 2 nitrogen and oxygen atoms in total. The predicted octanol–water partition coefficient (Wildman–Crippen LogP) is 3.75. The second-order valence-electron chi connectivity index (χ2n) is 7.30. The maximum absolute atomic E-state index is 6.10. The number of hydrogen-bond donors (Lipinski definition) is 1. The summed E-state index contributed by atoms with van der Waals surface area (Å²) in [4.78, 5) is 0. The third-order valence-corrected chi connectivity index (χ3v) is 6.18. The van der Waals surface area contributed by atoms with Gasteiger partial charge in [-0.2, -0.15) is 0 Å². The molecule has 19 heavy (non-hydrogen) atoms. The van der Waals surface area contributed by atoms with Crippen LogP contribution in [0.5, 0.6) is 0 Å². The third kappa shape index (κ3) is 2.71. The van der Waals surface area contributed by atoms with Crippen molar-refractivity contribution in [3.8, 4) is 0 Å². The largest absolute Gasteiger partial charge is 0.375 e. The van der Waals surface area contributed by atoms with Crippen LogP contribution in [0.4, 0.5) is 0 Å². The third-order valence-electron chi connectivity index (χ3n) is 6.18. The van der Waals surface area contributed by atoms with Gasteiger partial charge in [-0.25, -0.2) is 0 Å². The summed E-state index contributed by atoms with van der Waals surface area (Å²) in [5, 5.41) is 3.77. The van der Waals surface area contributed by atoms with Crippen molar-refractivity contribution in [2.75, 3.05) is 13.2 Å². The van der Waals surface area contributed by atoms with E-state index in [2.05, 4.69) is 19.2 Å². The van der Waals surface area contributed by atoms with Crippen LogP contribution >= 0.6 is 0 Å². The highest BCUT2D eigenvalue weighted by Crippen LogP contribution is 2.49. The molecule has 0 radical (unpaired) electrons. The summed E-state index contributed by atoms with van der Waals surface area (Å²) in [7, 11) is 0. The minimum Gasteiger partial charge on any atom is -0.375 e. The van der Waals surface area contributed by atoms with Crippen molar-refractivity contribution in [2.45, 2.75) is 76.9 Å². The van der Waals surface area contributed by atoms with Gasteiger partial charge in [-0.15, -0.1) is 0 Å². The fourth-order valence-corrected chi connectivity index (χ4v) is 4.83. The Kier molecular flexibility index (Phi) is 4.19. The average molecular weight is 265 g/mol. The van der Waals surface area contributed by atoms with Crippen molar-refractivity contribution in [3.05, 3.63) is 0 Å². The summed E-state index contributed by atoms with van der Waals surface area (Å²) in [6.07, 6.45) is 10.9. The van der Waals surface area contributed by atoms with E-state index in [9.17, 15) is 0 Å². The van der Waals surface area contributed by atoms with Crippen molar-refractivity contribution in [3.63, 3.8) is 0 Å². The first kappa shape index (κ1) is 13.9. The average Bonchev–Trinajstić information content (AvgIpc) is 2.76. The topological polar surface area (TPSA) is 21.3 Å². The molecule has 2 aliphatic carbocycles. The van der Waals surface area contributed by atoms with Gasteiger partial charge in [0.1, 0.15) is 0 Å². The minimum atomic E-state index is 0.331. The highest BCUT2D eigenvalue weighted by molar-refractivity contribution is 4.98. The molecule has 1 N–H and O–H groups in total. The number of hydrogen-bond acceptors (Lipinski definition) is 2. The molecule has 0 amide bonds. The van der Waals surface area contributed by atoms with Crippen LogP contribution in [0.15, 0.2) is 0 Å². The zero-order valence-electron chi connectivity index (χ0n) is 12.8. The molecular weight excluding hydrogens is 234 g/mol. The molecule has 1 heterocycles. The summed E-state index contributed by atoms with van der Waals surface area (Å²) in [5.74, 6) is 2.76. The maximum Gasteiger partial charge on any atom is 0.0685 e. The Morgan fingerprint density at radius 3 is 2.74 bits per heavy atom. The lowest BCUT2D eigenvalue weighted by atomic mass is 9.67. The fourth-order valence-electron chi connectivity index (χ4n) is 4.83. The first-order valence-electron chi connectivity index (χ1n) is 8.61. The van der Waals surface area contributed by atoms with Gasteiger partial charge in [-0.1, -0.05) is 13.8 Å². The first-order chi connectivity index (χ1) is 9.24. The van der Waals surface area contributed by atoms with E-state index in [1.165, 1.54) is 57.9 Å². The molecule has 2 saturated carbocycles. The molecule has 1 aliphatic heterocycles. The molecule has 0 bridgehead atoms. The number of rotatable bonds is 4. The molecule has 3 rings (SSSR count). The van der Waals surface area contributed by atoms with Gasteiger partial charge in [-0.05, 0) is 75.7 Å². The van der Waals surface area contributed by atoms with Crippen LogP contribution in [-0.4, -0.2) is 24.8 Å². The van der Waals surface area contributed by atoms with Crippen LogP contribution in [0.2, 0.25) is 0 Å². The molecule has 4 atom stereocenters. The van der Waals surface area contributed by atoms with Crippen LogP contribution in [0, 0.1) is 17.8 Å². The molecule has 2 heteroatoms. The van der Waals surface area contributed by atoms with Gasteiger partial charge in [0.2, 0.25) is 0 Å². The summed E-state index contributed by atoms with van der Waals surface area (Å²) < 4.78 is 6.10. The van der Waals surface area contributed by atoms with Gasteiger partial charge in [0.15, 0.2) is 0 Å². The van der Waals surface area contributed by atoms with E-state index in [-0.39, 0.29) is 0 Å². The van der Waals surface area contributed by atoms with Crippen molar-refractivity contribution in [1.82, 2.24) is 5.32 Å². The molecule has 1 spiro atoms. The van der Waals surface area contributed by atoms with E-state index < -0.39 is 0 Å². The van der Waals surface area contributed by atoms with E-state index in [0.29, 0.717) is 5.60 Å². The van der Waals surface area contributed by atoms with Gasteiger partial charge in [0.05, 0.1) is 5.60 Å². The first-order valence-corrected chi connectivity index (χ1v) is 8.61. The van der Waals surface area contributed by atoms with Crippen LogP contribution in [0.1, 0.15) is 65.2 Å². The Bertz CT molecular complexity index is 300. The Hall–Kier alpha value is -0.0800. The minimum absolute atomic E-state index is 0.331. The van der Waals surface area contributed by atoms with Gasteiger partial charge in [0.25, 0.3) is 0 Å². The van der Waals surface area contributed by atoms with E-state index >= 15 is 0 Å². The Morgan fingerprint density at radius 2 is 2.05 bits per heavy atom. The highest BCUT2D eigenvalue weighted by atomic mass is 16.5. The molecule has 3 aliphatic rings. The van der Waals surface area contributed by atoms with Gasteiger partial charge in [0, 0.05) is 12.6 Å². The Balaban J connectivity index is 1.57. The molecular formula is C17H31NO. The zero-order chi connectivity index (χ0) is 13.3. The zero-order valence-corrected chi connectivity index (χ0v) is 12.8. The van der Waals surface area contributed by atoms with E-state index in [1.807, 2.05) is 0 Å². The Morgan fingerprint density at radius 1 is 1.21 bits per heavy atom. The molecule has 110 valence electrons. The Labute approximate surface area is 118 Å². The van der Waals surface area contributed by atoms with Crippen molar-refractivity contribution < 1.29 is 4.74 Å². The van der Waals surface area contributed by atoms with E-state index in [1.54, 1.807) is 0 Å². The molecule has 0 aromatic rings. The van der Waals surface area contributed by atoms with Crippen LogP contribution in [0.25, 0.3) is 0 Å². The highest BCUT2D eigenvalue weighted by Gasteiger charge is 2.46. The summed E-state index contributed by atoms with van der Waals surface area (Å²) in [6.45, 7) is 6.98. The molecule has 1 saturated heterocycles.